The average Bonchev–Trinajstić information content (AvgIpc) is 2.68. The van der Waals surface area contributed by atoms with E-state index in [2.05, 4.69) is 10.6 Å². The van der Waals surface area contributed by atoms with Crippen LogP contribution in [0.15, 0.2) is 24.3 Å². The van der Waals surface area contributed by atoms with Crippen LogP contribution in [0.4, 0.5) is 0 Å². The van der Waals surface area contributed by atoms with Gasteiger partial charge < -0.3 is 21.1 Å². The highest BCUT2D eigenvalue weighted by molar-refractivity contribution is 7.99. The first kappa shape index (κ1) is 24.2. The summed E-state index contributed by atoms with van der Waals surface area (Å²) >= 11 is 1.82. The number of hydrogen-bond acceptors (Lipinski definition) is 6. The summed E-state index contributed by atoms with van der Waals surface area (Å²) < 4.78 is 0. The number of carbonyl (C=O) groups is 2. The fourth-order valence-corrected chi connectivity index (χ4v) is 3.59. The molecule has 1 aromatic rings. The van der Waals surface area contributed by atoms with Crippen LogP contribution in [0.3, 0.4) is 0 Å². The number of thioether (sulfide) groups is 1. The molecule has 2 rings (SSSR count). The summed E-state index contributed by atoms with van der Waals surface area (Å²) in [7, 11) is 0. The molecule has 156 valence electrons. The molecule has 1 atom stereocenters. The van der Waals surface area contributed by atoms with E-state index in [0.29, 0.717) is 26.1 Å². The Bertz CT molecular complexity index is 653. The number of carbonyl (C=O) groups excluding carboxylic acids is 2. The molecule has 1 aliphatic rings. The fourth-order valence-electron chi connectivity index (χ4n) is 2.69. The minimum atomic E-state index is -0.786. The normalized spacial score (nSPS) is 14.7. The first-order valence-electron chi connectivity index (χ1n) is 8.87. The zero-order chi connectivity index (χ0) is 19.6. The second kappa shape index (κ2) is 12.6. The van der Waals surface area contributed by atoms with Crippen molar-refractivity contribution in [2.24, 2.45) is 5.73 Å². The molecule has 0 saturated carbocycles. The van der Waals surface area contributed by atoms with Crippen LogP contribution in [0, 0.1) is 5.41 Å². The molecular formula is C18H28ClN5O3S. The van der Waals surface area contributed by atoms with Crippen molar-refractivity contribution in [3.63, 3.8) is 0 Å². The molecular weight excluding hydrogens is 402 g/mol. The van der Waals surface area contributed by atoms with Crippen molar-refractivity contribution < 1.29 is 14.7 Å². The topological polar surface area (TPSA) is 132 Å². The van der Waals surface area contributed by atoms with E-state index in [-0.39, 0.29) is 37.3 Å². The molecule has 28 heavy (non-hydrogen) atoms. The van der Waals surface area contributed by atoms with Crippen LogP contribution >= 0.6 is 24.2 Å². The Balaban J connectivity index is 0.00000392. The first-order valence-corrected chi connectivity index (χ1v) is 10.0. The lowest BCUT2D eigenvalue weighted by Crippen LogP contribution is -2.50. The Morgan fingerprint density at radius 1 is 1.21 bits per heavy atom. The van der Waals surface area contributed by atoms with Crippen LogP contribution in [0.25, 0.3) is 0 Å². The molecule has 6 N–H and O–H groups in total. The number of aliphatic hydroxyl groups is 1. The SMILES string of the molecule is Cl.N=C(N)Cc1ccc(CNC(CO)C(=O)NCC(=O)N2CCSCC2)cc1. The van der Waals surface area contributed by atoms with E-state index in [1.165, 1.54) is 0 Å². The third kappa shape index (κ3) is 8.05. The Hall–Kier alpha value is -1.81. The van der Waals surface area contributed by atoms with E-state index >= 15 is 0 Å². The highest BCUT2D eigenvalue weighted by Gasteiger charge is 2.20. The lowest BCUT2D eigenvalue weighted by atomic mass is 10.1. The third-order valence-corrected chi connectivity index (χ3v) is 5.19. The van der Waals surface area contributed by atoms with Crippen LogP contribution < -0.4 is 16.4 Å². The largest absolute Gasteiger partial charge is 0.394 e. The maximum Gasteiger partial charge on any atom is 0.242 e. The van der Waals surface area contributed by atoms with Crippen molar-refractivity contribution in [3.8, 4) is 0 Å². The molecule has 1 fully saturated rings. The highest BCUT2D eigenvalue weighted by atomic mass is 35.5. The van der Waals surface area contributed by atoms with Gasteiger partial charge in [0.25, 0.3) is 0 Å². The summed E-state index contributed by atoms with van der Waals surface area (Å²) in [5.74, 6) is 1.46. The number of amidine groups is 1. The van der Waals surface area contributed by atoms with Gasteiger partial charge in [0.2, 0.25) is 11.8 Å². The van der Waals surface area contributed by atoms with Gasteiger partial charge in [-0.05, 0) is 11.1 Å². The maximum atomic E-state index is 12.2. The molecule has 1 heterocycles. The monoisotopic (exact) mass is 429 g/mol. The number of rotatable bonds is 9. The second-order valence-corrected chi connectivity index (χ2v) is 7.57. The fraction of sp³-hybridized carbons (Fsp3) is 0.500. The van der Waals surface area contributed by atoms with E-state index in [1.54, 1.807) is 4.90 Å². The predicted octanol–water partition coefficient (Wildman–Crippen LogP) is -0.271. The van der Waals surface area contributed by atoms with Crippen molar-refractivity contribution in [1.82, 2.24) is 15.5 Å². The Morgan fingerprint density at radius 2 is 1.82 bits per heavy atom. The predicted molar refractivity (Wildman–Crippen MR) is 114 cm³/mol. The number of nitrogens with one attached hydrogen (secondary N) is 3. The van der Waals surface area contributed by atoms with Gasteiger partial charge in [-0.3, -0.25) is 20.3 Å². The smallest absolute Gasteiger partial charge is 0.242 e. The van der Waals surface area contributed by atoms with Crippen molar-refractivity contribution in [1.29, 1.82) is 5.41 Å². The number of halogens is 1. The Morgan fingerprint density at radius 3 is 2.39 bits per heavy atom. The van der Waals surface area contributed by atoms with Gasteiger partial charge in [0.1, 0.15) is 6.04 Å². The zero-order valence-electron chi connectivity index (χ0n) is 15.6. The standard InChI is InChI=1S/C18H27N5O3S.ClH/c19-16(20)9-13-1-3-14(4-2-13)10-21-15(12-24)18(26)22-11-17(25)23-5-7-27-8-6-23;/h1-4,15,21,24H,5-12H2,(H3,19,20)(H,22,26);1H. The summed E-state index contributed by atoms with van der Waals surface area (Å²) in [5.41, 5.74) is 7.26. The first-order chi connectivity index (χ1) is 13.0. The molecule has 0 radical (unpaired) electrons. The van der Waals surface area contributed by atoms with Crippen LogP contribution in [0.2, 0.25) is 0 Å². The molecule has 1 saturated heterocycles. The summed E-state index contributed by atoms with van der Waals surface area (Å²) in [6.45, 7) is 1.40. The van der Waals surface area contributed by atoms with Gasteiger partial charge in [-0.2, -0.15) is 11.8 Å². The van der Waals surface area contributed by atoms with Gasteiger partial charge in [-0.15, -0.1) is 12.4 Å². The molecule has 8 nitrogen and oxygen atoms in total. The second-order valence-electron chi connectivity index (χ2n) is 6.35. The maximum absolute atomic E-state index is 12.2. The minimum Gasteiger partial charge on any atom is -0.394 e. The molecule has 0 bridgehead atoms. The van der Waals surface area contributed by atoms with Crippen LogP contribution in [-0.2, 0) is 22.6 Å². The Kier molecular flexibility index (Phi) is 10.9. The van der Waals surface area contributed by atoms with Crippen LogP contribution in [-0.4, -0.2) is 71.4 Å². The molecule has 1 aromatic carbocycles. The summed E-state index contributed by atoms with van der Waals surface area (Å²) in [5, 5.41) is 22.4. The van der Waals surface area contributed by atoms with Crippen molar-refractivity contribution >= 4 is 41.8 Å². The number of aliphatic hydroxyl groups excluding tert-OH is 1. The van der Waals surface area contributed by atoms with E-state index in [0.717, 1.165) is 22.6 Å². The van der Waals surface area contributed by atoms with Crippen molar-refractivity contribution in [2.45, 2.75) is 19.0 Å². The van der Waals surface area contributed by atoms with Crippen molar-refractivity contribution in [2.75, 3.05) is 37.7 Å². The van der Waals surface area contributed by atoms with Gasteiger partial charge in [0, 0.05) is 37.6 Å². The number of benzene rings is 1. The summed E-state index contributed by atoms with van der Waals surface area (Å²) in [6.07, 6.45) is 0.402. The highest BCUT2D eigenvalue weighted by Crippen LogP contribution is 2.09. The third-order valence-electron chi connectivity index (χ3n) is 4.25. The van der Waals surface area contributed by atoms with Crippen LogP contribution in [0.1, 0.15) is 11.1 Å². The summed E-state index contributed by atoms with van der Waals surface area (Å²) in [6, 6.07) is 6.74. The van der Waals surface area contributed by atoms with Crippen molar-refractivity contribution in [3.05, 3.63) is 35.4 Å². The molecule has 0 aliphatic carbocycles. The number of amides is 2. The lowest BCUT2D eigenvalue weighted by Gasteiger charge is -2.26. The number of nitrogens with zero attached hydrogens (tertiary/aromatic N) is 1. The van der Waals surface area contributed by atoms with E-state index < -0.39 is 11.9 Å². The average molecular weight is 430 g/mol. The van der Waals surface area contributed by atoms with Gasteiger partial charge in [-0.1, -0.05) is 24.3 Å². The molecule has 1 aliphatic heterocycles. The molecule has 0 spiro atoms. The van der Waals surface area contributed by atoms with E-state index in [4.69, 9.17) is 11.1 Å². The van der Waals surface area contributed by atoms with Gasteiger partial charge >= 0.3 is 0 Å². The lowest BCUT2D eigenvalue weighted by molar-refractivity contribution is -0.133. The summed E-state index contributed by atoms with van der Waals surface area (Å²) in [4.78, 5) is 26.1. The Labute approximate surface area is 175 Å². The molecule has 0 aromatic heterocycles. The quantitative estimate of drug-likeness (QED) is 0.271. The minimum absolute atomic E-state index is 0. The van der Waals surface area contributed by atoms with Gasteiger partial charge in [-0.25, -0.2) is 0 Å². The zero-order valence-corrected chi connectivity index (χ0v) is 17.3. The molecule has 2 amide bonds. The number of hydrogen-bond donors (Lipinski definition) is 5. The van der Waals surface area contributed by atoms with Gasteiger partial charge in [0.15, 0.2) is 0 Å². The van der Waals surface area contributed by atoms with Crippen LogP contribution in [0.5, 0.6) is 0 Å². The van der Waals surface area contributed by atoms with Gasteiger partial charge in [0.05, 0.1) is 19.0 Å². The molecule has 1 unspecified atom stereocenters. The van der Waals surface area contributed by atoms with E-state index in [1.807, 2.05) is 36.0 Å². The van der Waals surface area contributed by atoms with E-state index in [9.17, 15) is 14.7 Å². The number of nitrogens with two attached hydrogens (primary N) is 1. The molecule has 10 heteroatoms.